The van der Waals surface area contributed by atoms with E-state index in [9.17, 15) is 0 Å². The molecule has 0 aromatic carbocycles. The normalized spacial score (nSPS) is 9.00. The fraction of sp³-hybridized carbons (Fsp3) is 0.263. The molecule has 0 unspecified atom stereocenters. The number of aryl methyl sites for hydroxylation is 2. The molecule has 0 radical (unpaired) electrons. The van der Waals surface area contributed by atoms with Crippen LogP contribution in [-0.4, -0.2) is 53.7 Å². The summed E-state index contributed by atoms with van der Waals surface area (Å²) in [6, 6.07) is 3.32. The van der Waals surface area contributed by atoms with E-state index in [1.165, 1.54) is 13.3 Å². The van der Waals surface area contributed by atoms with E-state index in [-0.39, 0.29) is 25.1 Å². The van der Waals surface area contributed by atoms with Crippen LogP contribution in [0.15, 0.2) is 49.3 Å². The molecular formula is C19H28Cl2N10O2. The standard InChI is InChI=1S/C9H11N5O.C5H5ClN2O.C4H7N3.CH4.ClH/c1-14-6-7(5-11-14)12-9-10-4-3-8(13-9)15-2;1-9-4-2-3-7-5(6)8-4;1-7-3-4(5)2-6-7;;/h3-6H,1-2H3,(H,10,12,13);2-3H,1H3;2-3H,5H2,1H3;1H4;1H. The van der Waals surface area contributed by atoms with Gasteiger partial charge in [-0.05, 0) is 11.6 Å². The first kappa shape index (κ1) is 29.4. The summed E-state index contributed by atoms with van der Waals surface area (Å²) in [6.07, 6.45) is 10.1. The van der Waals surface area contributed by atoms with Crippen LogP contribution < -0.4 is 20.5 Å². The van der Waals surface area contributed by atoms with Crippen molar-refractivity contribution in [3.05, 3.63) is 54.6 Å². The first-order chi connectivity index (χ1) is 14.9. The molecule has 0 fully saturated rings. The Balaban J connectivity index is 0.000000491. The summed E-state index contributed by atoms with van der Waals surface area (Å²) >= 11 is 5.42. The molecule has 0 aliphatic rings. The number of anilines is 3. The second-order valence-electron chi connectivity index (χ2n) is 5.77. The van der Waals surface area contributed by atoms with E-state index in [4.69, 9.17) is 26.8 Å². The van der Waals surface area contributed by atoms with Crippen LogP contribution in [0.25, 0.3) is 0 Å². The molecule has 12 nitrogen and oxygen atoms in total. The lowest BCUT2D eigenvalue weighted by Crippen LogP contribution is -1.97. The number of nitrogens with one attached hydrogen (secondary N) is 1. The summed E-state index contributed by atoms with van der Waals surface area (Å²) in [4.78, 5) is 15.6. The minimum absolute atomic E-state index is 0. The van der Waals surface area contributed by atoms with Gasteiger partial charge in [0.2, 0.25) is 23.0 Å². The summed E-state index contributed by atoms with van der Waals surface area (Å²) in [7, 11) is 6.77. The van der Waals surface area contributed by atoms with Crippen molar-refractivity contribution >= 4 is 41.3 Å². The average molecular weight is 499 g/mol. The van der Waals surface area contributed by atoms with E-state index in [0.29, 0.717) is 23.4 Å². The number of nitrogen functional groups attached to an aromatic ring is 1. The monoisotopic (exact) mass is 498 g/mol. The van der Waals surface area contributed by atoms with Crippen LogP contribution >= 0.6 is 24.0 Å². The lowest BCUT2D eigenvalue weighted by atomic mass is 10.5. The number of nitrogens with two attached hydrogens (primary N) is 1. The van der Waals surface area contributed by atoms with E-state index < -0.39 is 0 Å². The predicted octanol–water partition coefficient (Wildman–Crippen LogP) is 3.16. The van der Waals surface area contributed by atoms with Gasteiger partial charge in [0, 0.05) is 51.0 Å². The molecular weight excluding hydrogens is 471 g/mol. The van der Waals surface area contributed by atoms with Crippen LogP contribution in [-0.2, 0) is 14.1 Å². The van der Waals surface area contributed by atoms with Crippen molar-refractivity contribution in [1.82, 2.24) is 39.5 Å². The van der Waals surface area contributed by atoms with Crippen molar-refractivity contribution in [3.63, 3.8) is 0 Å². The van der Waals surface area contributed by atoms with E-state index in [1.807, 2.05) is 20.3 Å². The third kappa shape index (κ3) is 11.0. The molecule has 4 rings (SSSR count). The molecule has 4 aromatic heterocycles. The second-order valence-corrected chi connectivity index (χ2v) is 6.10. The molecule has 180 valence electrons. The number of ether oxygens (including phenoxy) is 2. The second kappa shape index (κ2) is 15.2. The van der Waals surface area contributed by atoms with Crippen molar-refractivity contribution in [2.24, 2.45) is 14.1 Å². The Labute approximate surface area is 203 Å². The number of hydrogen-bond donors (Lipinski definition) is 2. The van der Waals surface area contributed by atoms with Crippen molar-refractivity contribution in [2.45, 2.75) is 7.43 Å². The van der Waals surface area contributed by atoms with Crippen molar-refractivity contribution < 1.29 is 9.47 Å². The highest BCUT2D eigenvalue weighted by molar-refractivity contribution is 6.28. The van der Waals surface area contributed by atoms with Crippen molar-refractivity contribution in [1.29, 1.82) is 0 Å². The predicted molar refractivity (Wildman–Crippen MR) is 130 cm³/mol. The van der Waals surface area contributed by atoms with Crippen LogP contribution in [0.4, 0.5) is 17.3 Å². The van der Waals surface area contributed by atoms with Gasteiger partial charge in [0.1, 0.15) is 0 Å². The highest BCUT2D eigenvalue weighted by Gasteiger charge is 2.01. The van der Waals surface area contributed by atoms with Crippen molar-refractivity contribution in [2.75, 3.05) is 25.3 Å². The van der Waals surface area contributed by atoms with E-state index in [2.05, 4.69) is 35.5 Å². The molecule has 0 aliphatic carbocycles. The molecule has 0 spiro atoms. The Morgan fingerprint density at radius 1 is 0.909 bits per heavy atom. The Morgan fingerprint density at radius 3 is 1.91 bits per heavy atom. The number of aromatic nitrogens is 8. The summed E-state index contributed by atoms with van der Waals surface area (Å²) in [6.45, 7) is 0. The SMILES string of the molecule is C.COc1ccnc(Cl)n1.COc1ccnc(Nc2cnn(C)c2)n1.Cl.Cn1cc(N)cn1. The molecule has 14 heteroatoms. The fourth-order valence-corrected chi connectivity index (χ4v) is 2.14. The minimum atomic E-state index is 0. The maximum Gasteiger partial charge on any atom is 0.230 e. The summed E-state index contributed by atoms with van der Waals surface area (Å²) < 4.78 is 13.1. The molecule has 0 bridgehead atoms. The quantitative estimate of drug-likeness (QED) is 0.402. The maximum absolute atomic E-state index is 5.42. The van der Waals surface area contributed by atoms with Crippen LogP contribution in [0.1, 0.15) is 7.43 Å². The summed E-state index contributed by atoms with van der Waals surface area (Å²) in [5.41, 5.74) is 6.84. The zero-order chi connectivity index (χ0) is 22.6. The van der Waals surface area contributed by atoms with Gasteiger partial charge in [-0.1, -0.05) is 7.43 Å². The van der Waals surface area contributed by atoms with Crippen LogP contribution in [0.5, 0.6) is 11.8 Å². The molecule has 4 heterocycles. The van der Waals surface area contributed by atoms with Crippen LogP contribution in [0.2, 0.25) is 5.28 Å². The maximum atomic E-state index is 5.42. The van der Waals surface area contributed by atoms with Gasteiger partial charge in [0.25, 0.3) is 0 Å². The Bertz CT molecular complexity index is 1060. The molecule has 0 saturated carbocycles. The van der Waals surface area contributed by atoms with E-state index >= 15 is 0 Å². The Kier molecular flexibility index (Phi) is 13.5. The van der Waals surface area contributed by atoms with E-state index in [0.717, 1.165) is 5.69 Å². The van der Waals surface area contributed by atoms with Crippen molar-refractivity contribution in [3.8, 4) is 11.8 Å². The summed E-state index contributed by atoms with van der Waals surface area (Å²) in [5.74, 6) is 1.49. The molecule has 0 saturated heterocycles. The highest BCUT2D eigenvalue weighted by Crippen LogP contribution is 2.13. The third-order valence-electron chi connectivity index (χ3n) is 3.33. The van der Waals surface area contributed by atoms with Gasteiger partial charge < -0.3 is 20.5 Å². The lowest BCUT2D eigenvalue weighted by Gasteiger charge is -2.02. The number of methoxy groups -OCH3 is 2. The van der Waals surface area contributed by atoms with E-state index in [1.54, 1.807) is 53.4 Å². The Hall–Kier alpha value is -3.64. The molecule has 0 amide bonds. The van der Waals surface area contributed by atoms with Gasteiger partial charge in [-0.3, -0.25) is 9.36 Å². The highest BCUT2D eigenvalue weighted by atomic mass is 35.5. The molecule has 0 aliphatic heterocycles. The largest absolute Gasteiger partial charge is 0.481 e. The van der Waals surface area contributed by atoms with Gasteiger partial charge in [-0.15, -0.1) is 12.4 Å². The number of rotatable bonds is 4. The number of hydrogen-bond acceptors (Lipinski definition) is 10. The smallest absolute Gasteiger partial charge is 0.230 e. The minimum Gasteiger partial charge on any atom is -0.481 e. The number of halogens is 2. The zero-order valence-corrected chi connectivity index (χ0v) is 19.4. The third-order valence-corrected chi connectivity index (χ3v) is 3.52. The molecule has 0 atom stereocenters. The fourth-order valence-electron chi connectivity index (χ4n) is 2.00. The lowest BCUT2D eigenvalue weighted by molar-refractivity contribution is 0.397. The van der Waals surface area contributed by atoms with Crippen LogP contribution in [0.3, 0.4) is 0 Å². The summed E-state index contributed by atoms with van der Waals surface area (Å²) in [5, 5.41) is 11.0. The van der Waals surface area contributed by atoms with Gasteiger partial charge in [-0.2, -0.15) is 20.2 Å². The first-order valence-electron chi connectivity index (χ1n) is 8.79. The molecule has 3 N–H and O–H groups in total. The topological polar surface area (TPSA) is 144 Å². The molecule has 4 aromatic rings. The van der Waals surface area contributed by atoms with Gasteiger partial charge in [0.15, 0.2) is 0 Å². The van der Waals surface area contributed by atoms with Gasteiger partial charge in [0.05, 0.1) is 38.0 Å². The average Bonchev–Trinajstić information content (AvgIpc) is 3.35. The first-order valence-corrected chi connectivity index (χ1v) is 9.16. The van der Waals surface area contributed by atoms with Crippen LogP contribution in [0, 0.1) is 0 Å². The van der Waals surface area contributed by atoms with Gasteiger partial charge >= 0.3 is 0 Å². The van der Waals surface area contributed by atoms with Gasteiger partial charge in [-0.25, -0.2) is 9.97 Å². The molecule has 33 heavy (non-hydrogen) atoms. The Morgan fingerprint density at radius 2 is 1.48 bits per heavy atom. The number of nitrogens with zero attached hydrogens (tertiary/aromatic N) is 8. The zero-order valence-electron chi connectivity index (χ0n) is 17.9.